The molecule has 1 atom stereocenters. The number of nitrogens with zero attached hydrogens (tertiary/aromatic N) is 1. The van der Waals surface area contributed by atoms with Gasteiger partial charge in [-0.2, -0.15) is 0 Å². The van der Waals surface area contributed by atoms with Gasteiger partial charge < -0.3 is 15.0 Å². The summed E-state index contributed by atoms with van der Waals surface area (Å²) in [4.78, 5) is 25.3. The Balaban J connectivity index is 1.89. The monoisotopic (exact) mass is 316 g/mol. The van der Waals surface area contributed by atoms with E-state index in [9.17, 15) is 9.59 Å². The predicted octanol–water partition coefficient (Wildman–Crippen LogP) is 3.53. The Hall–Kier alpha value is -2.30. The fourth-order valence-electron chi connectivity index (χ4n) is 2.61. The average molecular weight is 316 g/mol. The van der Waals surface area contributed by atoms with Crippen molar-refractivity contribution in [3.8, 4) is 0 Å². The molecule has 0 spiro atoms. The number of urea groups is 1. The molecule has 5 nitrogen and oxygen atoms in total. The molecule has 1 N–H and O–H groups in total. The summed E-state index contributed by atoms with van der Waals surface area (Å²) >= 11 is 0. The smallest absolute Gasteiger partial charge is 0.330 e. The molecule has 1 saturated heterocycles. The van der Waals surface area contributed by atoms with Crippen LogP contribution in [0.2, 0.25) is 0 Å². The van der Waals surface area contributed by atoms with Crippen LogP contribution in [0.3, 0.4) is 0 Å². The molecule has 0 aromatic heterocycles. The van der Waals surface area contributed by atoms with Crippen LogP contribution < -0.4 is 5.32 Å². The van der Waals surface area contributed by atoms with Gasteiger partial charge in [-0.15, -0.1) is 0 Å². The third-order valence-electron chi connectivity index (χ3n) is 3.80. The number of carbonyl (C=O) groups is 2. The van der Waals surface area contributed by atoms with Gasteiger partial charge >= 0.3 is 12.0 Å². The Kier molecular flexibility index (Phi) is 6.20. The van der Waals surface area contributed by atoms with Crippen molar-refractivity contribution >= 4 is 23.8 Å². The summed E-state index contributed by atoms with van der Waals surface area (Å²) < 4.78 is 4.83. The van der Waals surface area contributed by atoms with E-state index < -0.39 is 0 Å². The van der Waals surface area contributed by atoms with E-state index in [0.29, 0.717) is 12.5 Å². The number of ether oxygens (including phenoxy) is 1. The van der Waals surface area contributed by atoms with Gasteiger partial charge in [0, 0.05) is 24.9 Å². The third kappa shape index (κ3) is 5.43. The van der Waals surface area contributed by atoms with Gasteiger partial charge in [-0.05, 0) is 49.5 Å². The molecule has 2 rings (SSSR count). The van der Waals surface area contributed by atoms with E-state index in [1.165, 1.54) is 12.5 Å². The second kappa shape index (κ2) is 8.36. The molecule has 1 aliphatic rings. The highest BCUT2D eigenvalue weighted by molar-refractivity contribution is 5.90. The lowest BCUT2D eigenvalue weighted by Gasteiger charge is -2.30. The van der Waals surface area contributed by atoms with Gasteiger partial charge in [0.2, 0.25) is 0 Å². The zero-order chi connectivity index (χ0) is 16.7. The van der Waals surface area contributed by atoms with Crippen LogP contribution >= 0.6 is 0 Å². The van der Waals surface area contributed by atoms with Crippen LogP contribution in [0.5, 0.6) is 0 Å². The molecule has 2 amide bonds. The zero-order valence-corrected chi connectivity index (χ0v) is 13.7. The van der Waals surface area contributed by atoms with E-state index in [2.05, 4.69) is 12.2 Å². The van der Waals surface area contributed by atoms with Crippen LogP contribution in [-0.2, 0) is 9.53 Å². The fraction of sp³-hybridized carbons (Fsp3) is 0.444. The molecule has 1 aromatic rings. The maximum Gasteiger partial charge on any atom is 0.330 e. The van der Waals surface area contributed by atoms with Gasteiger partial charge in [0.05, 0.1) is 6.61 Å². The highest BCUT2D eigenvalue weighted by atomic mass is 16.5. The lowest BCUT2D eigenvalue weighted by atomic mass is 10.0. The largest absolute Gasteiger partial charge is 0.463 e. The maximum absolute atomic E-state index is 12.2. The van der Waals surface area contributed by atoms with E-state index in [4.69, 9.17) is 4.74 Å². The zero-order valence-electron chi connectivity index (χ0n) is 13.7. The number of carbonyl (C=O) groups excluding carboxylic acids is 2. The van der Waals surface area contributed by atoms with Crippen molar-refractivity contribution in [1.82, 2.24) is 4.90 Å². The molecule has 23 heavy (non-hydrogen) atoms. The molecular formula is C18H24N2O3. The lowest BCUT2D eigenvalue weighted by molar-refractivity contribution is -0.137. The number of piperidine rings is 1. The molecule has 0 aliphatic carbocycles. The minimum absolute atomic E-state index is 0.0497. The van der Waals surface area contributed by atoms with Gasteiger partial charge in [0.1, 0.15) is 0 Å². The molecule has 0 bridgehead atoms. The van der Waals surface area contributed by atoms with E-state index in [1.54, 1.807) is 13.0 Å². The molecular weight excluding hydrogens is 292 g/mol. The van der Waals surface area contributed by atoms with E-state index in [1.807, 2.05) is 29.2 Å². The highest BCUT2D eigenvalue weighted by Gasteiger charge is 2.20. The van der Waals surface area contributed by atoms with Gasteiger partial charge in [-0.3, -0.25) is 0 Å². The number of anilines is 1. The SMILES string of the molecule is CCOC(=O)/C=C\c1ccc(NC(=O)N2CCC[C@@H](C)C2)cc1. The van der Waals surface area contributed by atoms with Crippen molar-refractivity contribution in [1.29, 1.82) is 0 Å². The first-order valence-electron chi connectivity index (χ1n) is 8.09. The fourth-order valence-corrected chi connectivity index (χ4v) is 2.61. The lowest BCUT2D eigenvalue weighted by Crippen LogP contribution is -2.41. The van der Waals surface area contributed by atoms with Gasteiger partial charge in [0.25, 0.3) is 0 Å². The van der Waals surface area contributed by atoms with Crippen LogP contribution in [0.15, 0.2) is 30.3 Å². The Bertz CT molecular complexity index is 566. The quantitative estimate of drug-likeness (QED) is 0.683. The summed E-state index contributed by atoms with van der Waals surface area (Å²) in [5, 5.41) is 2.92. The van der Waals surface area contributed by atoms with E-state index in [-0.39, 0.29) is 12.0 Å². The Morgan fingerprint density at radius 3 is 2.74 bits per heavy atom. The molecule has 1 fully saturated rings. The second-order valence-electron chi connectivity index (χ2n) is 5.83. The molecule has 1 aliphatic heterocycles. The Morgan fingerprint density at radius 2 is 2.09 bits per heavy atom. The normalized spacial score (nSPS) is 18.0. The number of hydrogen-bond donors (Lipinski definition) is 1. The number of esters is 1. The number of amides is 2. The summed E-state index contributed by atoms with van der Waals surface area (Å²) in [6.07, 6.45) is 5.33. The first-order valence-corrected chi connectivity index (χ1v) is 8.09. The molecule has 1 aromatic carbocycles. The topological polar surface area (TPSA) is 58.6 Å². The van der Waals surface area contributed by atoms with Crippen LogP contribution in [0.1, 0.15) is 32.3 Å². The summed E-state index contributed by atoms with van der Waals surface area (Å²) in [6, 6.07) is 7.31. The van der Waals surface area contributed by atoms with Crippen LogP contribution in [-0.4, -0.2) is 36.6 Å². The molecule has 124 valence electrons. The van der Waals surface area contributed by atoms with Crippen molar-refractivity contribution in [3.05, 3.63) is 35.9 Å². The second-order valence-corrected chi connectivity index (χ2v) is 5.83. The van der Waals surface area contributed by atoms with Crippen molar-refractivity contribution in [2.24, 2.45) is 5.92 Å². The van der Waals surface area contributed by atoms with Crippen molar-refractivity contribution in [2.45, 2.75) is 26.7 Å². The van der Waals surface area contributed by atoms with Crippen LogP contribution in [0.4, 0.5) is 10.5 Å². The number of rotatable bonds is 4. The third-order valence-corrected chi connectivity index (χ3v) is 3.80. The Morgan fingerprint density at radius 1 is 1.35 bits per heavy atom. The summed E-state index contributed by atoms with van der Waals surface area (Å²) in [5.41, 5.74) is 1.63. The molecule has 0 unspecified atom stereocenters. The van der Waals surface area contributed by atoms with E-state index >= 15 is 0 Å². The van der Waals surface area contributed by atoms with Gasteiger partial charge in [0.15, 0.2) is 0 Å². The van der Waals surface area contributed by atoms with Crippen molar-refractivity contribution < 1.29 is 14.3 Å². The standard InChI is InChI=1S/C18H24N2O3/c1-3-23-17(21)11-8-15-6-9-16(10-7-15)19-18(22)20-12-4-5-14(2)13-20/h6-11,14H,3-5,12-13H2,1-2H3,(H,19,22)/b11-8-/t14-/m1/s1. The summed E-state index contributed by atoms with van der Waals surface area (Å²) in [6.45, 7) is 5.93. The average Bonchev–Trinajstić information content (AvgIpc) is 2.54. The van der Waals surface area contributed by atoms with Crippen molar-refractivity contribution in [3.63, 3.8) is 0 Å². The number of hydrogen-bond acceptors (Lipinski definition) is 3. The first-order chi connectivity index (χ1) is 11.1. The number of nitrogens with one attached hydrogen (secondary N) is 1. The van der Waals surface area contributed by atoms with Crippen LogP contribution in [0.25, 0.3) is 6.08 Å². The van der Waals surface area contributed by atoms with Crippen molar-refractivity contribution in [2.75, 3.05) is 25.0 Å². The molecule has 0 radical (unpaired) electrons. The first kappa shape index (κ1) is 17.1. The molecule has 1 heterocycles. The molecule has 5 heteroatoms. The highest BCUT2D eigenvalue weighted by Crippen LogP contribution is 2.17. The number of benzene rings is 1. The molecule has 0 saturated carbocycles. The van der Waals surface area contributed by atoms with Gasteiger partial charge in [-0.25, -0.2) is 9.59 Å². The summed E-state index contributed by atoms with van der Waals surface area (Å²) in [7, 11) is 0. The Labute approximate surface area is 137 Å². The van der Waals surface area contributed by atoms with Gasteiger partial charge in [-0.1, -0.05) is 19.1 Å². The maximum atomic E-state index is 12.2. The predicted molar refractivity (Wildman–Crippen MR) is 91.1 cm³/mol. The minimum Gasteiger partial charge on any atom is -0.463 e. The summed E-state index contributed by atoms with van der Waals surface area (Å²) in [5.74, 6) is 0.203. The minimum atomic E-state index is -0.357. The van der Waals surface area contributed by atoms with E-state index in [0.717, 1.165) is 30.8 Å². The van der Waals surface area contributed by atoms with Crippen LogP contribution in [0, 0.1) is 5.92 Å². The number of likely N-dealkylation sites (tertiary alicyclic amines) is 1.